The van der Waals surface area contributed by atoms with Crippen LogP contribution < -0.4 is 10.9 Å². The van der Waals surface area contributed by atoms with Gasteiger partial charge in [0.2, 0.25) is 11.8 Å². The van der Waals surface area contributed by atoms with Crippen LogP contribution in [0.3, 0.4) is 0 Å². The monoisotopic (exact) mass is 375 g/mol. The van der Waals surface area contributed by atoms with Crippen LogP contribution >= 0.6 is 34.8 Å². The molecule has 5 nitrogen and oxygen atoms in total. The predicted molar refractivity (Wildman–Crippen MR) is 90.6 cm³/mol. The maximum absolute atomic E-state index is 12.2. The SMILES string of the molecule is O=C(NNc1c(Cl)cc(Cl)cc1Cl)[C@H]1CC(=O)N(CC2CC2)C1. The molecule has 23 heavy (non-hydrogen) atoms. The van der Waals surface area contributed by atoms with Gasteiger partial charge in [-0.25, -0.2) is 0 Å². The number of anilines is 1. The molecular formula is C15H16Cl3N3O2. The average Bonchev–Trinajstić information content (AvgIpc) is 3.20. The van der Waals surface area contributed by atoms with Crippen molar-refractivity contribution < 1.29 is 9.59 Å². The van der Waals surface area contributed by atoms with E-state index in [1.807, 2.05) is 0 Å². The van der Waals surface area contributed by atoms with E-state index in [0.29, 0.717) is 33.2 Å². The van der Waals surface area contributed by atoms with E-state index in [1.54, 1.807) is 4.90 Å². The van der Waals surface area contributed by atoms with Crippen molar-refractivity contribution in [3.8, 4) is 0 Å². The van der Waals surface area contributed by atoms with Crippen LogP contribution in [0.1, 0.15) is 19.3 Å². The summed E-state index contributed by atoms with van der Waals surface area (Å²) in [6.45, 7) is 1.23. The van der Waals surface area contributed by atoms with Gasteiger partial charge in [0, 0.05) is 24.5 Å². The maximum atomic E-state index is 12.2. The van der Waals surface area contributed by atoms with E-state index in [9.17, 15) is 9.59 Å². The van der Waals surface area contributed by atoms with Crippen molar-refractivity contribution >= 4 is 52.3 Å². The van der Waals surface area contributed by atoms with Gasteiger partial charge in [-0.15, -0.1) is 0 Å². The standard InChI is InChI=1S/C15H16Cl3N3O2/c16-10-4-11(17)14(12(18)5-10)19-20-15(23)9-3-13(22)21(7-9)6-8-1-2-8/h4-5,8-9,19H,1-3,6-7H2,(H,20,23)/t9-/m0/s1. The summed E-state index contributed by atoms with van der Waals surface area (Å²) in [5.41, 5.74) is 5.67. The Kier molecular flexibility index (Phi) is 4.90. The lowest BCUT2D eigenvalue weighted by Crippen LogP contribution is -2.37. The van der Waals surface area contributed by atoms with Crippen LogP contribution in [0.4, 0.5) is 5.69 Å². The molecule has 8 heteroatoms. The lowest BCUT2D eigenvalue weighted by Gasteiger charge is -2.17. The average molecular weight is 377 g/mol. The molecule has 1 aliphatic carbocycles. The first-order chi connectivity index (χ1) is 10.9. The summed E-state index contributed by atoms with van der Waals surface area (Å²) >= 11 is 17.9. The molecule has 0 radical (unpaired) electrons. The number of likely N-dealkylation sites (tertiary alicyclic amines) is 1. The van der Waals surface area contributed by atoms with Gasteiger partial charge >= 0.3 is 0 Å². The number of carbonyl (C=O) groups is 2. The highest BCUT2D eigenvalue weighted by Gasteiger charge is 2.37. The summed E-state index contributed by atoms with van der Waals surface area (Å²) in [6.07, 6.45) is 2.59. The fraction of sp³-hybridized carbons (Fsp3) is 0.467. The molecule has 1 aliphatic heterocycles. The summed E-state index contributed by atoms with van der Waals surface area (Å²) < 4.78 is 0. The first-order valence-corrected chi connectivity index (χ1v) is 8.55. The van der Waals surface area contributed by atoms with Crippen LogP contribution in [-0.4, -0.2) is 29.8 Å². The molecule has 1 saturated heterocycles. The molecular weight excluding hydrogens is 361 g/mol. The lowest BCUT2D eigenvalue weighted by atomic mass is 10.1. The number of hydrogen-bond donors (Lipinski definition) is 2. The number of nitrogens with zero attached hydrogens (tertiary/aromatic N) is 1. The van der Waals surface area contributed by atoms with E-state index in [2.05, 4.69) is 10.9 Å². The van der Waals surface area contributed by atoms with E-state index in [1.165, 1.54) is 25.0 Å². The zero-order valence-corrected chi connectivity index (χ0v) is 14.5. The number of hydrazine groups is 1. The number of hydrogen-bond acceptors (Lipinski definition) is 3. The van der Waals surface area contributed by atoms with Crippen molar-refractivity contribution in [1.29, 1.82) is 0 Å². The highest BCUT2D eigenvalue weighted by atomic mass is 35.5. The van der Waals surface area contributed by atoms with Crippen LogP contribution in [0.2, 0.25) is 15.1 Å². The molecule has 2 N–H and O–H groups in total. The summed E-state index contributed by atoms with van der Waals surface area (Å²) in [5, 5.41) is 1.02. The Morgan fingerprint density at radius 1 is 1.22 bits per heavy atom. The highest BCUT2D eigenvalue weighted by molar-refractivity contribution is 6.41. The zero-order valence-electron chi connectivity index (χ0n) is 12.2. The maximum Gasteiger partial charge on any atom is 0.243 e. The zero-order chi connectivity index (χ0) is 16.6. The molecule has 124 valence electrons. The van der Waals surface area contributed by atoms with Crippen molar-refractivity contribution in [3.63, 3.8) is 0 Å². The van der Waals surface area contributed by atoms with Gasteiger partial charge in [-0.2, -0.15) is 0 Å². The molecule has 1 atom stereocenters. The second-order valence-electron chi connectivity index (χ2n) is 6.00. The molecule has 0 unspecified atom stereocenters. The molecule has 2 aliphatic rings. The molecule has 1 aromatic rings. The quantitative estimate of drug-likeness (QED) is 0.775. The van der Waals surface area contributed by atoms with Gasteiger partial charge in [-0.05, 0) is 30.9 Å². The first kappa shape index (κ1) is 16.7. The van der Waals surface area contributed by atoms with E-state index < -0.39 is 0 Å². The lowest BCUT2D eigenvalue weighted by molar-refractivity contribution is -0.129. The Morgan fingerprint density at radius 3 is 2.48 bits per heavy atom. The largest absolute Gasteiger partial charge is 0.342 e. The Hall–Kier alpha value is -1.17. The van der Waals surface area contributed by atoms with Crippen LogP contribution in [0.25, 0.3) is 0 Å². The molecule has 1 heterocycles. The van der Waals surface area contributed by atoms with Gasteiger partial charge in [0.1, 0.15) is 0 Å². The van der Waals surface area contributed by atoms with E-state index in [4.69, 9.17) is 34.8 Å². The number of benzene rings is 1. The Balaban J connectivity index is 1.56. The summed E-state index contributed by atoms with van der Waals surface area (Å²) in [4.78, 5) is 26.0. The normalized spacial score (nSPS) is 20.7. The molecule has 2 amide bonds. The van der Waals surface area contributed by atoms with Gasteiger partial charge < -0.3 is 4.90 Å². The topological polar surface area (TPSA) is 61.4 Å². The van der Waals surface area contributed by atoms with Crippen molar-refractivity contribution in [2.75, 3.05) is 18.5 Å². The summed E-state index contributed by atoms with van der Waals surface area (Å²) in [5.74, 6) is 0.0440. The minimum absolute atomic E-state index is 0.0413. The van der Waals surface area contributed by atoms with Gasteiger partial charge in [-0.3, -0.25) is 20.4 Å². The smallest absolute Gasteiger partial charge is 0.243 e. The first-order valence-electron chi connectivity index (χ1n) is 7.42. The van der Waals surface area contributed by atoms with Gasteiger partial charge in [-0.1, -0.05) is 34.8 Å². The molecule has 2 fully saturated rings. The number of nitrogens with one attached hydrogen (secondary N) is 2. The minimum atomic E-state index is -0.362. The molecule has 0 aromatic heterocycles. The van der Waals surface area contributed by atoms with Gasteiger partial charge in [0.25, 0.3) is 0 Å². The summed E-state index contributed by atoms with van der Waals surface area (Å²) in [6, 6.07) is 3.06. The van der Waals surface area contributed by atoms with Gasteiger partial charge in [0.15, 0.2) is 0 Å². The molecule has 1 saturated carbocycles. The molecule has 1 aromatic carbocycles. The molecule has 3 rings (SSSR count). The van der Waals surface area contributed by atoms with Crippen molar-refractivity contribution in [3.05, 3.63) is 27.2 Å². The fourth-order valence-electron chi connectivity index (χ4n) is 2.62. The van der Waals surface area contributed by atoms with Crippen molar-refractivity contribution in [1.82, 2.24) is 10.3 Å². The molecule has 0 spiro atoms. The van der Waals surface area contributed by atoms with Crippen LogP contribution in [0, 0.1) is 11.8 Å². The predicted octanol–water partition coefficient (Wildman–Crippen LogP) is 3.35. The highest BCUT2D eigenvalue weighted by Crippen LogP contribution is 2.34. The number of rotatable bonds is 5. The van der Waals surface area contributed by atoms with E-state index >= 15 is 0 Å². The second kappa shape index (κ2) is 6.75. The number of carbonyl (C=O) groups excluding carboxylic acids is 2. The Bertz CT molecular complexity index is 626. The van der Waals surface area contributed by atoms with E-state index in [-0.39, 0.29) is 24.2 Å². The van der Waals surface area contributed by atoms with Crippen LogP contribution in [0.5, 0.6) is 0 Å². The third-order valence-electron chi connectivity index (χ3n) is 4.08. The molecule has 0 bridgehead atoms. The third-order valence-corrected chi connectivity index (χ3v) is 4.89. The second-order valence-corrected chi connectivity index (χ2v) is 7.25. The fourth-order valence-corrected chi connectivity index (χ4v) is 3.54. The van der Waals surface area contributed by atoms with Crippen LogP contribution in [0.15, 0.2) is 12.1 Å². The number of amides is 2. The van der Waals surface area contributed by atoms with E-state index in [0.717, 1.165) is 6.54 Å². The van der Waals surface area contributed by atoms with Gasteiger partial charge in [0.05, 0.1) is 21.7 Å². The van der Waals surface area contributed by atoms with Crippen LogP contribution in [-0.2, 0) is 9.59 Å². The van der Waals surface area contributed by atoms with Crippen molar-refractivity contribution in [2.24, 2.45) is 11.8 Å². The third kappa shape index (κ3) is 4.03. The Labute approximate surface area is 149 Å². The Morgan fingerprint density at radius 2 is 1.87 bits per heavy atom. The van der Waals surface area contributed by atoms with Crippen molar-refractivity contribution in [2.45, 2.75) is 19.3 Å². The minimum Gasteiger partial charge on any atom is -0.342 e. The summed E-state index contributed by atoms with van der Waals surface area (Å²) in [7, 11) is 0. The number of halogens is 3.